The lowest BCUT2D eigenvalue weighted by molar-refractivity contribution is 0.0746. The SMILES string of the molecule is CCOc1ccc(C(=O)N2CCN(c3cccc(Cl)c3)CC2)cc1CN(C)S(=O)(=O)c1ccc(Cl)cc1. The molecular weight excluding hydrogens is 533 g/mol. The van der Waals surface area contributed by atoms with Gasteiger partial charge in [-0.05, 0) is 67.6 Å². The number of anilines is 1. The monoisotopic (exact) mass is 561 g/mol. The molecule has 1 aliphatic heterocycles. The molecule has 0 unspecified atom stereocenters. The van der Waals surface area contributed by atoms with Crippen LogP contribution in [0, 0.1) is 0 Å². The van der Waals surface area contributed by atoms with E-state index in [2.05, 4.69) is 4.90 Å². The first-order chi connectivity index (χ1) is 17.7. The summed E-state index contributed by atoms with van der Waals surface area (Å²) >= 11 is 12.0. The quantitative estimate of drug-likeness (QED) is 0.379. The molecule has 7 nitrogen and oxygen atoms in total. The Hall–Kier alpha value is -2.78. The van der Waals surface area contributed by atoms with Crippen LogP contribution in [0.4, 0.5) is 5.69 Å². The van der Waals surface area contributed by atoms with Gasteiger partial charge in [-0.1, -0.05) is 29.3 Å². The van der Waals surface area contributed by atoms with Gasteiger partial charge in [0.1, 0.15) is 5.75 Å². The zero-order valence-corrected chi connectivity index (χ0v) is 23.1. The van der Waals surface area contributed by atoms with Crippen LogP contribution in [-0.4, -0.2) is 63.4 Å². The Kier molecular flexibility index (Phi) is 8.64. The Bertz CT molecular complexity index is 1360. The summed E-state index contributed by atoms with van der Waals surface area (Å²) in [5.74, 6) is 0.446. The lowest BCUT2D eigenvalue weighted by Crippen LogP contribution is -2.48. The van der Waals surface area contributed by atoms with Gasteiger partial charge in [-0.3, -0.25) is 4.79 Å². The second-order valence-corrected chi connectivity index (χ2v) is 11.6. The fourth-order valence-electron chi connectivity index (χ4n) is 4.27. The minimum absolute atomic E-state index is 0.0456. The number of hydrogen-bond acceptors (Lipinski definition) is 5. The number of amides is 1. The molecule has 196 valence electrons. The van der Waals surface area contributed by atoms with E-state index in [-0.39, 0.29) is 17.3 Å². The van der Waals surface area contributed by atoms with E-state index < -0.39 is 10.0 Å². The van der Waals surface area contributed by atoms with Crippen LogP contribution in [-0.2, 0) is 16.6 Å². The highest BCUT2D eigenvalue weighted by atomic mass is 35.5. The largest absolute Gasteiger partial charge is 0.494 e. The van der Waals surface area contributed by atoms with Crippen molar-refractivity contribution < 1.29 is 17.9 Å². The van der Waals surface area contributed by atoms with E-state index >= 15 is 0 Å². The second kappa shape index (κ2) is 11.7. The number of hydrogen-bond donors (Lipinski definition) is 0. The molecule has 1 amide bonds. The highest BCUT2D eigenvalue weighted by Crippen LogP contribution is 2.27. The molecule has 4 rings (SSSR count). The summed E-state index contributed by atoms with van der Waals surface area (Å²) in [6.45, 7) is 4.84. The second-order valence-electron chi connectivity index (χ2n) is 8.73. The smallest absolute Gasteiger partial charge is 0.253 e. The minimum atomic E-state index is -3.77. The number of carbonyl (C=O) groups excluding carboxylic acids is 1. The molecule has 1 fully saturated rings. The number of carbonyl (C=O) groups is 1. The molecule has 3 aromatic rings. The minimum Gasteiger partial charge on any atom is -0.494 e. The van der Waals surface area contributed by atoms with Crippen molar-refractivity contribution in [2.45, 2.75) is 18.4 Å². The van der Waals surface area contributed by atoms with Gasteiger partial charge in [-0.25, -0.2) is 8.42 Å². The number of ether oxygens (including phenoxy) is 1. The fourth-order valence-corrected chi connectivity index (χ4v) is 5.73. The zero-order valence-electron chi connectivity index (χ0n) is 20.7. The van der Waals surface area contributed by atoms with Gasteiger partial charge in [-0.2, -0.15) is 4.31 Å². The summed E-state index contributed by atoms with van der Waals surface area (Å²) in [6, 6.07) is 18.9. The Morgan fingerprint density at radius 3 is 2.30 bits per heavy atom. The van der Waals surface area contributed by atoms with E-state index in [9.17, 15) is 13.2 Å². The number of sulfonamides is 1. The molecule has 1 aliphatic rings. The Labute approximate surface area is 228 Å². The van der Waals surface area contributed by atoms with Crippen LogP contribution in [0.25, 0.3) is 0 Å². The van der Waals surface area contributed by atoms with E-state index in [1.54, 1.807) is 30.3 Å². The molecule has 0 aliphatic carbocycles. The molecule has 3 aromatic carbocycles. The van der Waals surface area contributed by atoms with Crippen LogP contribution in [0.5, 0.6) is 5.75 Å². The van der Waals surface area contributed by atoms with Crippen LogP contribution >= 0.6 is 23.2 Å². The van der Waals surface area contributed by atoms with Crippen molar-refractivity contribution in [3.05, 3.63) is 87.9 Å². The van der Waals surface area contributed by atoms with Gasteiger partial charge >= 0.3 is 0 Å². The highest BCUT2D eigenvalue weighted by Gasteiger charge is 2.25. The van der Waals surface area contributed by atoms with Crippen molar-refractivity contribution in [1.29, 1.82) is 0 Å². The first-order valence-electron chi connectivity index (χ1n) is 12.0. The maximum atomic E-state index is 13.4. The molecule has 0 aromatic heterocycles. The Morgan fingerprint density at radius 1 is 0.946 bits per heavy atom. The van der Waals surface area contributed by atoms with Gasteiger partial charge < -0.3 is 14.5 Å². The molecule has 37 heavy (non-hydrogen) atoms. The number of halogens is 2. The fraction of sp³-hybridized carbons (Fsp3) is 0.296. The summed E-state index contributed by atoms with van der Waals surface area (Å²) in [7, 11) is -2.26. The van der Waals surface area contributed by atoms with E-state index in [0.29, 0.717) is 59.7 Å². The van der Waals surface area contributed by atoms with Crippen molar-refractivity contribution in [2.24, 2.45) is 0 Å². The van der Waals surface area contributed by atoms with Gasteiger partial charge in [0.05, 0.1) is 11.5 Å². The van der Waals surface area contributed by atoms with Gasteiger partial charge in [0.15, 0.2) is 0 Å². The predicted molar refractivity (Wildman–Crippen MR) is 147 cm³/mol. The number of rotatable bonds is 8. The molecule has 0 spiro atoms. The number of piperazine rings is 1. The molecule has 1 heterocycles. The van der Waals surface area contributed by atoms with Crippen LogP contribution < -0.4 is 9.64 Å². The van der Waals surface area contributed by atoms with Gasteiger partial charge in [0.25, 0.3) is 5.91 Å². The summed E-state index contributed by atoms with van der Waals surface area (Å²) < 4.78 is 33.2. The van der Waals surface area contributed by atoms with Crippen LogP contribution in [0.1, 0.15) is 22.8 Å². The predicted octanol–water partition coefficient (Wildman–Crippen LogP) is 5.18. The average Bonchev–Trinajstić information content (AvgIpc) is 2.89. The van der Waals surface area contributed by atoms with Crippen LogP contribution in [0.2, 0.25) is 10.0 Å². The lowest BCUT2D eigenvalue weighted by atomic mass is 10.1. The molecule has 0 N–H and O–H groups in total. The average molecular weight is 563 g/mol. The van der Waals surface area contributed by atoms with Crippen molar-refractivity contribution >= 4 is 44.8 Å². The molecule has 1 saturated heterocycles. The normalized spacial score (nSPS) is 14.2. The van der Waals surface area contributed by atoms with Crippen molar-refractivity contribution in [3.8, 4) is 5.75 Å². The van der Waals surface area contributed by atoms with Crippen molar-refractivity contribution in [3.63, 3.8) is 0 Å². The first-order valence-corrected chi connectivity index (χ1v) is 14.2. The van der Waals surface area contributed by atoms with Crippen LogP contribution in [0.3, 0.4) is 0 Å². The number of nitrogens with zero attached hydrogens (tertiary/aromatic N) is 3. The van der Waals surface area contributed by atoms with Gasteiger partial charge in [0, 0.05) is 66.6 Å². The standard InChI is InChI=1S/C27H29Cl2N3O4S/c1-3-36-26-12-7-20(17-21(26)19-30(2)37(34,35)25-10-8-22(28)9-11-25)27(33)32-15-13-31(14-16-32)24-6-4-5-23(29)18-24/h4-12,17-18H,3,13-16,19H2,1-2H3. The number of benzene rings is 3. The summed E-state index contributed by atoms with van der Waals surface area (Å²) in [5.41, 5.74) is 2.14. The van der Waals surface area contributed by atoms with E-state index in [4.69, 9.17) is 27.9 Å². The Balaban J connectivity index is 1.50. The topological polar surface area (TPSA) is 70.2 Å². The van der Waals surface area contributed by atoms with E-state index in [1.165, 1.54) is 23.5 Å². The van der Waals surface area contributed by atoms with Crippen molar-refractivity contribution in [1.82, 2.24) is 9.21 Å². The molecule has 10 heteroatoms. The summed E-state index contributed by atoms with van der Waals surface area (Å²) in [4.78, 5) is 17.5. The molecule has 0 bridgehead atoms. The van der Waals surface area contributed by atoms with E-state index in [0.717, 1.165) is 5.69 Å². The highest BCUT2D eigenvalue weighted by molar-refractivity contribution is 7.89. The first kappa shape index (κ1) is 27.3. The summed E-state index contributed by atoms with van der Waals surface area (Å²) in [5, 5.41) is 1.14. The van der Waals surface area contributed by atoms with Crippen LogP contribution in [0.15, 0.2) is 71.6 Å². The molecule has 0 radical (unpaired) electrons. The third-order valence-electron chi connectivity index (χ3n) is 6.26. The summed E-state index contributed by atoms with van der Waals surface area (Å²) in [6.07, 6.45) is 0. The van der Waals surface area contributed by atoms with Crippen molar-refractivity contribution in [2.75, 3.05) is 44.7 Å². The third kappa shape index (κ3) is 6.38. The lowest BCUT2D eigenvalue weighted by Gasteiger charge is -2.36. The maximum Gasteiger partial charge on any atom is 0.253 e. The van der Waals surface area contributed by atoms with Gasteiger partial charge in [0.2, 0.25) is 10.0 Å². The molecule has 0 saturated carbocycles. The molecular formula is C27H29Cl2N3O4S. The van der Waals surface area contributed by atoms with E-state index in [1.807, 2.05) is 36.1 Å². The zero-order chi connectivity index (χ0) is 26.6. The molecule has 0 atom stereocenters. The third-order valence-corrected chi connectivity index (χ3v) is 8.57. The Morgan fingerprint density at radius 2 is 1.65 bits per heavy atom. The van der Waals surface area contributed by atoms with Gasteiger partial charge in [-0.15, -0.1) is 0 Å². The maximum absolute atomic E-state index is 13.4.